The molecule has 0 bridgehead atoms. The van der Waals surface area contributed by atoms with E-state index >= 15 is 0 Å². The number of fused-ring (bicyclic) bond motifs is 1. The van der Waals surface area contributed by atoms with E-state index in [1.807, 2.05) is 30.3 Å². The number of nitrogens with zero attached hydrogens (tertiary/aromatic N) is 2. The van der Waals surface area contributed by atoms with Crippen LogP contribution in [0.4, 0.5) is 5.13 Å². The summed E-state index contributed by atoms with van der Waals surface area (Å²) in [6.07, 6.45) is 0.0981. The Morgan fingerprint density at radius 2 is 2.00 bits per heavy atom. The van der Waals surface area contributed by atoms with Gasteiger partial charge in [0.25, 0.3) is 0 Å². The summed E-state index contributed by atoms with van der Waals surface area (Å²) in [5.41, 5.74) is 1.78. The minimum Gasteiger partial charge on any atom is -0.466 e. The predicted octanol–water partition coefficient (Wildman–Crippen LogP) is 3.83. The first-order valence-corrected chi connectivity index (χ1v) is 9.83. The average molecular weight is 411 g/mol. The summed E-state index contributed by atoms with van der Waals surface area (Å²) in [6, 6.07) is 11.2. The number of amides is 1. The minimum atomic E-state index is -0.351. The molecule has 0 spiro atoms. The first kappa shape index (κ1) is 18.9. The Labute approximate surface area is 169 Å². The molecule has 8 nitrogen and oxygen atoms in total. The Hall–Kier alpha value is -3.46. The number of furan rings is 1. The van der Waals surface area contributed by atoms with Crippen molar-refractivity contribution in [1.82, 2.24) is 10.1 Å². The summed E-state index contributed by atoms with van der Waals surface area (Å²) in [5.74, 6) is 0.367. The van der Waals surface area contributed by atoms with Crippen molar-refractivity contribution in [1.29, 1.82) is 0 Å². The van der Waals surface area contributed by atoms with Crippen molar-refractivity contribution >= 4 is 39.3 Å². The van der Waals surface area contributed by atoms with E-state index in [4.69, 9.17) is 13.7 Å². The molecule has 148 valence electrons. The lowest BCUT2D eigenvalue weighted by Gasteiger charge is -1.99. The van der Waals surface area contributed by atoms with Gasteiger partial charge in [0.2, 0.25) is 11.7 Å². The Morgan fingerprint density at radius 3 is 2.83 bits per heavy atom. The summed E-state index contributed by atoms with van der Waals surface area (Å²) >= 11 is 1.24. The molecule has 0 aliphatic heterocycles. The van der Waals surface area contributed by atoms with Crippen molar-refractivity contribution in [2.75, 3.05) is 11.9 Å². The molecule has 29 heavy (non-hydrogen) atoms. The van der Waals surface area contributed by atoms with Crippen molar-refractivity contribution in [3.8, 4) is 11.5 Å². The van der Waals surface area contributed by atoms with E-state index in [2.05, 4.69) is 15.5 Å². The number of aromatic nitrogens is 2. The Morgan fingerprint density at radius 1 is 1.14 bits per heavy atom. The summed E-state index contributed by atoms with van der Waals surface area (Å²) in [7, 11) is 0. The summed E-state index contributed by atoms with van der Waals surface area (Å²) in [4.78, 5) is 28.0. The third kappa shape index (κ3) is 4.52. The van der Waals surface area contributed by atoms with Crippen molar-refractivity contribution < 1.29 is 23.3 Å². The zero-order valence-corrected chi connectivity index (χ0v) is 16.3. The van der Waals surface area contributed by atoms with E-state index in [-0.39, 0.29) is 24.7 Å². The van der Waals surface area contributed by atoms with Gasteiger partial charge in [-0.1, -0.05) is 23.4 Å². The molecule has 0 atom stereocenters. The number of carbonyl (C=O) groups excluding carboxylic acids is 2. The molecule has 3 heterocycles. The van der Waals surface area contributed by atoms with Crippen molar-refractivity contribution in [3.63, 3.8) is 0 Å². The molecule has 0 saturated carbocycles. The number of hydrogen-bond acceptors (Lipinski definition) is 8. The van der Waals surface area contributed by atoms with Crippen molar-refractivity contribution in [2.45, 2.75) is 19.8 Å². The van der Waals surface area contributed by atoms with Gasteiger partial charge in [-0.25, -0.2) is 4.98 Å². The van der Waals surface area contributed by atoms with Crippen molar-refractivity contribution in [3.05, 3.63) is 53.2 Å². The Kier molecular flexibility index (Phi) is 5.39. The highest BCUT2D eigenvalue weighted by atomic mass is 32.1. The van der Waals surface area contributed by atoms with Gasteiger partial charge in [-0.3, -0.25) is 9.59 Å². The average Bonchev–Trinajstić information content (AvgIpc) is 3.41. The van der Waals surface area contributed by atoms with Gasteiger partial charge in [0.1, 0.15) is 5.58 Å². The molecule has 4 rings (SSSR count). The monoisotopic (exact) mass is 411 g/mol. The third-order valence-corrected chi connectivity index (χ3v) is 4.80. The number of ether oxygens (including phenoxy) is 1. The number of hydrogen-bond donors (Lipinski definition) is 1. The van der Waals surface area contributed by atoms with Crippen LogP contribution in [0.5, 0.6) is 0 Å². The maximum atomic E-state index is 12.3. The molecular weight excluding hydrogens is 394 g/mol. The smallest absolute Gasteiger partial charge is 0.311 e. The van der Waals surface area contributed by atoms with Crippen LogP contribution in [0.15, 0.2) is 50.7 Å². The summed E-state index contributed by atoms with van der Waals surface area (Å²) in [5, 5.41) is 9.72. The minimum absolute atomic E-state index is 0.0243. The fourth-order valence-corrected chi connectivity index (χ4v) is 3.47. The highest BCUT2D eigenvalue weighted by Gasteiger charge is 2.15. The molecule has 9 heteroatoms. The topological polar surface area (TPSA) is 107 Å². The SMILES string of the molecule is CCOC(=O)Cc1csc(NC(=O)Cc2cc(-c3cc4ccccc4o3)on2)n1. The molecule has 4 aromatic rings. The zero-order valence-electron chi connectivity index (χ0n) is 15.5. The van der Waals surface area contributed by atoms with Crippen LogP contribution in [0.3, 0.4) is 0 Å². The second-order valence-electron chi connectivity index (χ2n) is 6.18. The van der Waals surface area contributed by atoms with Crippen LogP contribution in [0.1, 0.15) is 18.3 Å². The molecule has 0 aliphatic carbocycles. The normalized spacial score (nSPS) is 10.9. The number of rotatable bonds is 7. The van der Waals surface area contributed by atoms with Crippen LogP contribution >= 0.6 is 11.3 Å². The predicted molar refractivity (Wildman–Crippen MR) is 106 cm³/mol. The molecule has 0 fully saturated rings. The van der Waals surface area contributed by atoms with Crippen LogP contribution in [0.25, 0.3) is 22.5 Å². The number of thiazole rings is 1. The summed E-state index contributed by atoms with van der Waals surface area (Å²) < 4.78 is 15.9. The number of esters is 1. The lowest BCUT2D eigenvalue weighted by molar-refractivity contribution is -0.142. The van der Waals surface area contributed by atoms with Gasteiger partial charge in [-0.2, -0.15) is 0 Å². The lowest BCUT2D eigenvalue weighted by Crippen LogP contribution is -2.14. The van der Waals surface area contributed by atoms with Gasteiger partial charge in [0, 0.05) is 16.8 Å². The van der Waals surface area contributed by atoms with Crippen LogP contribution in [-0.4, -0.2) is 28.6 Å². The maximum Gasteiger partial charge on any atom is 0.311 e. The fourth-order valence-electron chi connectivity index (χ4n) is 2.75. The number of nitrogens with one attached hydrogen (secondary N) is 1. The quantitative estimate of drug-likeness (QED) is 0.461. The van der Waals surface area contributed by atoms with Gasteiger partial charge in [-0.15, -0.1) is 11.3 Å². The van der Waals surface area contributed by atoms with Gasteiger partial charge in [0.05, 0.1) is 30.8 Å². The molecule has 0 unspecified atom stereocenters. The largest absolute Gasteiger partial charge is 0.466 e. The van der Waals surface area contributed by atoms with E-state index in [9.17, 15) is 9.59 Å². The van der Waals surface area contributed by atoms with E-state index in [0.29, 0.717) is 34.6 Å². The second kappa shape index (κ2) is 8.27. The van der Waals surface area contributed by atoms with Crippen LogP contribution in [0, 0.1) is 0 Å². The number of carbonyl (C=O) groups is 2. The molecule has 3 aromatic heterocycles. The first-order valence-electron chi connectivity index (χ1n) is 8.95. The zero-order chi connectivity index (χ0) is 20.2. The first-order chi connectivity index (χ1) is 14.1. The van der Waals surface area contributed by atoms with E-state index in [1.165, 1.54) is 11.3 Å². The third-order valence-electron chi connectivity index (χ3n) is 4.00. The van der Waals surface area contributed by atoms with Gasteiger partial charge < -0.3 is 19.0 Å². The molecule has 1 N–H and O–H groups in total. The fraction of sp³-hybridized carbons (Fsp3) is 0.200. The van der Waals surface area contributed by atoms with E-state index in [0.717, 1.165) is 11.0 Å². The van der Waals surface area contributed by atoms with Crippen LogP contribution < -0.4 is 5.32 Å². The second-order valence-corrected chi connectivity index (χ2v) is 7.04. The van der Waals surface area contributed by atoms with E-state index in [1.54, 1.807) is 18.4 Å². The molecule has 1 aromatic carbocycles. The number of benzene rings is 1. The van der Waals surface area contributed by atoms with Crippen molar-refractivity contribution in [2.24, 2.45) is 0 Å². The Bertz CT molecular complexity index is 1130. The van der Waals surface area contributed by atoms with Gasteiger partial charge >= 0.3 is 5.97 Å². The van der Waals surface area contributed by atoms with Gasteiger partial charge in [-0.05, 0) is 19.1 Å². The molecule has 0 radical (unpaired) electrons. The molecular formula is C20H17N3O5S. The maximum absolute atomic E-state index is 12.3. The highest BCUT2D eigenvalue weighted by Crippen LogP contribution is 2.28. The number of para-hydroxylation sites is 1. The van der Waals surface area contributed by atoms with Crippen LogP contribution in [0.2, 0.25) is 0 Å². The molecule has 0 aliphatic rings. The lowest BCUT2D eigenvalue weighted by atomic mass is 10.2. The summed E-state index contributed by atoms with van der Waals surface area (Å²) in [6.45, 7) is 2.06. The highest BCUT2D eigenvalue weighted by molar-refractivity contribution is 7.13. The number of anilines is 1. The Balaban J connectivity index is 1.37. The van der Waals surface area contributed by atoms with Gasteiger partial charge in [0.15, 0.2) is 10.9 Å². The standard InChI is InChI=1S/C20H17N3O5S/c1-2-26-19(25)10-14-11-29-20(21-14)22-18(24)9-13-8-17(28-23-13)16-7-12-5-3-4-6-15(12)27-16/h3-8,11H,2,9-10H2,1H3,(H,21,22,24). The van der Waals surface area contributed by atoms with E-state index < -0.39 is 0 Å². The molecule has 1 amide bonds. The van der Waals surface area contributed by atoms with Crippen LogP contribution in [-0.2, 0) is 27.2 Å². The molecule has 0 saturated heterocycles.